The van der Waals surface area contributed by atoms with Gasteiger partial charge >= 0.3 is 0 Å². The predicted octanol–water partition coefficient (Wildman–Crippen LogP) is 3.41. The van der Waals surface area contributed by atoms with E-state index in [1.807, 2.05) is 23.7 Å². The molecule has 0 aromatic carbocycles. The van der Waals surface area contributed by atoms with Crippen LogP contribution in [0.25, 0.3) is 0 Å². The van der Waals surface area contributed by atoms with Crippen LogP contribution in [0.5, 0.6) is 0 Å². The molecule has 3 rings (SSSR count). The van der Waals surface area contributed by atoms with Crippen molar-refractivity contribution in [3.63, 3.8) is 0 Å². The minimum absolute atomic E-state index is 0.511. The normalized spacial score (nSPS) is 16.7. The zero-order valence-electron chi connectivity index (χ0n) is 13.8. The van der Waals surface area contributed by atoms with E-state index in [9.17, 15) is 0 Å². The van der Waals surface area contributed by atoms with E-state index in [4.69, 9.17) is 0 Å². The molecule has 0 bridgehead atoms. The predicted molar refractivity (Wildman–Crippen MR) is 98.0 cm³/mol. The zero-order valence-corrected chi connectivity index (χ0v) is 16.2. The minimum Gasteiger partial charge on any atom is -0.341 e. The molecule has 0 saturated carbocycles. The number of nitrogens with zero attached hydrogens (tertiary/aromatic N) is 5. The van der Waals surface area contributed by atoms with Gasteiger partial charge in [-0.05, 0) is 42.6 Å². The maximum Gasteiger partial charge on any atom is 0.225 e. The molecule has 1 saturated heterocycles. The SMILES string of the molecule is Cc1nc(C)c(CN2CCC(N(C)c3ncc(Br)cn3)CC2)s1. The Morgan fingerprint density at radius 3 is 2.48 bits per heavy atom. The van der Waals surface area contributed by atoms with Crippen LogP contribution < -0.4 is 4.90 Å². The third-order valence-electron chi connectivity index (χ3n) is 4.39. The first kappa shape index (κ1) is 16.8. The summed E-state index contributed by atoms with van der Waals surface area (Å²) in [6, 6.07) is 0.511. The standard InChI is InChI=1S/C16H22BrN5S/c1-11-15(23-12(2)20-11)10-22-6-4-14(5-7-22)21(3)16-18-8-13(17)9-19-16/h8-9,14H,4-7,10H2,1-3H3. The van der Waals surface area contributed by atoms with E-state index in [2.05, 4.69) is 61.6 Å². The first-order chi connectivity index (χ1) is 11.0. The Hall–Kier alpha value is -1.05. The van der Waals surface area contributed by atoms with Gasteiger partial charge < -0.3 is 4.90 Å². The van der Waals surface area contributed by atoms with Gasteiger partial charge in [0.15, 0.2) is 0 Å². The Bertz CT molecular complexity index is 649. The number of rotatable bonds is 4. The van der Waals surface area contributed by atoms with Gasteiger partial charge in [0, 0.05) is 50.0 Å². The molecule has 0 spiro atoms. The van der Waals surface area contributed by atoms with Gasteiger partial charge in [-0.2, -0.15) is 0 Å². The molecule has 0 N–H and O–H groups in total. The summed E-state index contributed by atoms with van der Waals surface area (Å²) in [4.78, 5) is 19.5. The van der Waals surface area contributed by atoms with Crippen molar-refractivity contribution in [3.05, 3.63) is 32.4 Å². The van der Waals surface area contributed by atoms with Crippen LogP contribution in [0.2, 0.25) is 0 Å². The Balaban J connectivity index is 1.55. The van der Waals surface area contributed by atoms with E-state index in [0.717, 1.165) is 42.9 Å². The number of anilines is 1. The molecule has 0 unspecified atom stereocenters. The van der Waals surface area contributed by atoms with Crippen LogP contribution in [0, 0.1) is 13.8 Å². The molecule has 7 heteroatoms. The van der Waals surface area contributed by atoms with Crippen LogP contribution in [0.3, 0.4) is 0 Å². The monoisotopic (exact) mass is 395 g/mol. The second-order valence-corrected chi connectivity index (χ2v) is 8.26. The van der Waals surface area contributed by atoms with Crippen LogP contribution in [-0.2, 0) is 6.54 Å². The fourth-order valence-corrected chi connectivity index (χ4v) is 4.22. The van der Waals surface area contributed by atoms with Crippen molar-refractivity contribution in [2.75, 3.05) is 25.0 Å². The van der Waals surface area contributed by atoms with Crippen LogP contribution in [-0.4, -0.2) is 46.0 Å². The maximum absolute atomic E-state index is 4.53. The summed E-state index contributed by atoms with van der Waals surface area (Å²) >= 11 is 5.21. The van der Waals surface area contributed by atoms with Gasteiger partial charge in [-0.3, -0.25) is 4.90 Å². The molecule has 0 atom stereocenters. The number of aromatic nitrogens is 3. The molecular formula is C16H22BrN5S. The quantitative estimate of drug-likeness (QED) is 0.793. The molecule has 0 amide bonds. The molecule has 23 heavy (non-hydrogen) atoms. The van der Waals surface area contributed by atoms with Gasteiger partial charge in [0.25, 0.3) is 0 Å². The summed E-state index contributed by atoms with van der Waals surface area (Å²) < 4.78 is 0.916. The minimum atomic E-state index is 0.511. The highest BCUT2D eigenvalue weighted by Gasteiger charge is 2.24. The highest BCUT2D eigenvalue weighted by atomic mass is 79.9. The van der Waals surface area contributed by atoms with E-state index < -0.39 is 0 Å². The van der Waals surface area contributed by atoms with Crippen LogP contribution >= 0.6 is 27.3 Å². The van der Waals surface area contributed by atoms with Crippen molar-refractivity contribution in [3.8, 4) is 0 Å². The number of halogens is 1. The number of hydrogen-bond donors (Lipinski definition) is 0. The lowest BCUT2D eigenvalue weighted by molar-refractivity contribution is 0.204. The molecule has 5 nitrogen and oxygen atoms in total. The second-order valence-electron chi connectivity index (χ2n) is 6.06. The van der Waals surface area contributed by atoms with Gasteiger partial charge in [0.2, 0.25) is 5.95 Å². The van der Waals surface area contributed by atoms with Gasteiger partial charge in [-0.1, -0.05) is 0 Å². The Morgan fingerprint density at radius 2 is 1.91 bits per heavy atom. The first-order valence-electron chi connectivity index (χ1n) is 7.88. The summed E-state index contributed by atoms with van der Waals surface area (Å²) in [5.74, 6) is 0.806. The third-order valence-corrected chi connectivity index (χ3v) is 5.86. The van der Waals surface area contributed by atoms with E-state index in [1.54, 1.807) is 0 Å². The highest BCUT2D eigenvalue weighted by molar-refractivity contribution is 9.10. The number of hydrogen-bond acceptors (Lipinski definition) is 6. The van der Waals surface area contributed by atoms with Crippen LogP contribution in [0.15, 0.2) is 16.9 Å². The first-order valence-corrected chi connectivity index (χ1v) is 9.49. The second kappa shape index (κ2) is 7.23. The zero-order chi connectivity index (χ0) is 16.4. The van der Waals surface area contributed by atoms with Crippen LogP contribution in [0.4, 0.5) is 5.95 Å². The molecule has 1 aliphatic heterocycles. The molecule has 2 aromatic heterocycles. The van der Waals surface area contributed by atoms with Crippen molar-refractivity contribution in [2.24, 2.45) is 0 Å². The summed E-state index contributed by atoms with van der Waals surface area (Å²) in [5.41, 5.74) is 1.19. The Labute approximate surface area is 149 Å². The fourth-order valence-electron chi connectivity index (χ4n) is 3.04. The number of likely N-dealkylation sites (tertiary alicyclic amines) is 1. The van der Waals surface area contributed by atoms with Crippen molar-refractivity contribution < 1.29 is 0 Å². The van der Waals surface area contributed by atoms with Crippen molar-refractivity contribution in [1.29, 1.82) is 0 Å². The van der Waals surface area contributed by atoms with Gasteiger partial charge in [-0.15, -0.1) is 11.3 Å². The van der Waals surface area contributed by atoms with Crippen molar-refractivity contribution in [2.45, 2.75) is 39.3 Å². The van der Waals surface area contributed by atoms with E-state index >= 15 is 0 Å². The Morgan fingerprint density at radius 1 is 1.26 bits per heavy atom. The highest BCUT2D eigenvalue weighted by Crippen LogP contribution is 2.24. The average molecular weight is 396 g/mol. The Kier molecular flexibility index (Phi) is 5.28. The summed E-state index contributed by atoms with van der Waals surface area (Å²) in [6.07, 6.45) is 5.91. The molecule has 1 aliphatic rings. The van der Waals surface area contributed by atoms with E-state index in [1.165, 1.54) is 15.6 Å². The molecule has 0 aliphatic carbocycles. The molecule has 124 valence electrons. The lowest BCUT2D eigenvalue weighted by Gasteiger charge is -2.36. The smallest absolute Gasteiger partial charge is 0.225 e. The van der Waals surface area contributed by atoms with Gasteiger partial charge in [0.1, 0.15) is 0 Å². The van der Waals surface area contributed by atoms with E-state index in [-0.39, 0.29) is 0 Å². The average Bonchev–Trinajstić information content (AvgIpc) is 2.86. The number of piperidine rings is 1. The molecule has 2 aromatic rings. The summed E-state index contributed by atoms with van der Waals surface area (Å²) in [5, 5.41) is 1.17. The number of aryl methyl sites for hydroxylation is 2. The summed E-state index contributed by atoms with van der Waals surface area (Å²) in [6.45, 7) is 7.46. The molecule has 3 heterocycles. The molecule has 0 radical (unpaired) electrons. The van der Waals surface area contributed by atoms with Crippen molar-refractivity contribution >= 4 is 33.2 Å². The maximum atomic E-state index is 4.53. The topological polar surface area (TPSA) is 45.2 Å². The van der Waals surface area contributed by atoms with Gasteiger partial charge in [0.05, 0.1) is 15.2 Å². The van der Waals surface area contributed by atoms with E-state index in [0.29, 0.717) is 6.04 Å². The van der Waals surface area contributed by atoms with Gasteiger partial charge in [-0.25, -0.2) is 15.0 Å². The molecule has 1 fully saturated rings. The largest absolute Gasteiger partial charge is 0.341 e. The number of thiazole rings is 1. The molecular weight excluding hydrogens is 374 g/mol. The van der Waals surface area contributed by atoms with Crippen molar-refractivity contribution in [1.82, 2.24) is 19.9 Å². The lowest BCUT2D eigenvalue weighted by atomic mass is 10.0. The summed E-state index contributed by atoms with van der Waals surface area (Å²) in [7, 11) is 2.10. The fraction of sp³-hybridized carbons (Fsp3) is 0.562. The third kappa shape index (κ3) is 4.08. The van der Waals surface area contributed by atoms with Crippen LogP contribution in [0.1, 0.15) is 28.4 Å². The lowest BCUT2D eigenvalue weighted by Crippen LogP contribution is -2.43.